The van der Waals surface area contributed by atoms with Crippen LogP contribution in [0.3, 0.4) is 0 Å². The normalized spacial score (nSPS) is 10.7. The van der Waals surface area contributed by atoms with Crippen molar-refractivity contribution in [2.75, 3.05) is 5.43 Å². The van der Waals surface area contributed by atoms with Crippen LogP contribution < -0.4 is 11.3 Å². The Kier molecular flexibility index (Phi) is 2.92. The van der Waals surface area contributed by atoms with Gasteiger partial charge in [-0.15, -0.1) is 4.91 Å². The number of nitrogens with one attached hydrogen (secondary N) is 1. The zero-order valence-corrected chi connectivity index (χ0v) is 10.6. The summed E-state index contributed by atoms with van der Waals surface area (Å²) in [5, 5.41) is 15.1. The van der Waals surface area contributed by atoms with Crippen LogP contribution in [0.25, 0.3) is 21.8 Å². The average molecular weight is 283 g/mol. The molecular weight excluding hydrogens is 274 g/mol. The molecule has 0 aliphatic carbocycles. The summed E-state index contributed by atoms with van der Waals surface area (Å²) in [5.41, 5.74) is 4.21. The summed E-state index contributed by atoms with van der Waals surface area (Å²) in [6.45, 7) is 0. The van der Waals surface area contributed by atoms with Gasteiger partial charge in [0.05, 0.1) is 21.6 Å². The first-order chi connectivity index (χ1) is 10.1. The molecule has 0 spiro atoms. The van der Waals surface area contributed by atoms with Crippen molar-refractivity contribution in [3.63, 3.8) is 0 Å². The molecule has 3 aromatic rings. The average Bonchev–Trinajstić information content (AvgIpc) is 2.51. The number of fused-ring (bicyclic) bond motifs is 2. The molecule has 1 heterocycles. The monoisotopic (exact) mass is 283 g/mol. The van der Waals surface area contributed by atoms with E-state index in [-0.39, 0.29) is 11.4 Å². The first-order valence-corrected chi connectivity index (χ1v) is 5.96. The Labute approximate surface area is 117 Å². The third kappa shape index (κ3) is 2.03. The van der Waals surface area contributed by atoms with E-state index in [2.05, 4.69) is 15.6 Å². The van der Waals surface area contributed by atoms with Crippen molar-refractivity contribution in [2.45, 2.75) is 0 Å². The molecule has 0 saturated carbocycles. The maximum Gasteiger partial charge on any atom is 0.271 e. The topological polar surface area (TPSA) is 124 Å². The summed E-state index contributed by atoms with van der Waals surface area (Å²) in [6, 6.07) is 9.06. The molecule has 104 valence electrons. The van der Waals surface area contributed by atoms with Gasteiger partial charge in [-0.3, -0.25) is 16.0 Å². The first-order valence-electron chi connectivity index (χ1n) is 5.96. The number of hydrogen-bond acceptors (Lipinski definition) is 7. The number of anilines is 1. The van der Waals surface area contributed by atoms with Crippen molar-refractivity contribution < 1.29 is 4.92 Å². The summed E-state index contributed by atoms with van der Waals surface area (Å²) < 4.78 is 0. The van der Waals surface area contributed by atoms with Crippen LogP contribution in [0.15, 0.2) is 41.6 Å². The van der Waals surface area contributed by atoms with Gasteiger partial charge >= 0.3 is 0 Å². The Morgan fingerprint density at radius 3 is 2.43 bits per heavy atom. The van der Waals surface area contributed by atoms with Gasteiger partial charge in [0.2, 0.25) is 0 Å². The molecule has 0 amide bonds. The smallest absolute Gasteiger partial charge is 0.271 e. The van der Waals surface area contributed by atoms with E-state index in [0.29, 0.717) is 27.5 Å². The predicted octanol–water partition coefficient (Wildman–Crippen LogP) is 2.98. The number of nitro benzene ring substituents is 1. The highest BCUT2D eigenvalue weighted by Gasteiger charge is 2.13. The highest BCUT2D eigenvalue weighted by Crippen LogP contribution is 2.33. The number of hydrogen-bond donors (Lipinski definition) is 2. The number of nitrogen functional groups attached to an aromatic ring is 1. The minimum Gasteiger partial charge on any atom is -0.323 e. The van der Waals surface area contributed by atoms with Crippen LogP contribution in [0, 0.1) is 15.0 Å². The van der Waals surface area contributed by atoms with Gasteiger partial charge in [-0.2, -0.15) is 0 Å². The number of benzene rings is 2. The van der Waals surface area contributed by atoms with E-state index in [9.17, 15) is 15.0 Å². The van der Waals surface area contributed by atoms with Gasteiger partial charge in [-0.05, 0) is 29.4 Å². The maximum atomic E-state index is 10.8. The molecule has 1 aromatic heterocycles. The number of rotatable bonds is 3. The summed E-state index contributed by atoms with van der Waals surface area (Å²) >= 11 is 0. The summed E-state index contributed by atoms with van der Waals surface area (Å²) in [5.74, 6) is 5.55. The number of pyridine rings is 1. The molecular formula is C13H9N5O3. The fourth-order valence-electron chi connectivity index (χ4n) is 2.25. The van der Waals surface area contributed by atoms with E-state index in [1.165, 1.54) is 18.2 Å². The lowest BCUT2D eigenvalue weighted by Gasteiger charge is -2.10. The van der Waals surface area contributed by atoms with Crippen molar-refractivity contribution in [2.24, 2.45) is 11.0 Å². The molecule has 0 atom stereocenters. The Morgan fingerprint density at radius 1 is 1.14 bits per heavy atom. The molecule has 0 aliphatic heterocycles. The van der Waals surface area contributed by atoms with Crippen molar-refractivity contribution in [3.05, 3.63) is 51.4 Å². The van der Waals surface area contributed by atoms with Gasteiger partial charge in [0, 0.05) is 22.9 Å². The molecule has 8 nitrogen and oxygen atoms in total. The van der Waals surface area contributed by atoms with Gasteiger partial charge in [0.15, 0.2) is 0 Å². The van der Waals surface area contributed by atoms with E-state index < -0.39 is 4.92 Å². The molecule has 8 heteroatoms. The van der Waals surface area contributed by atoms with E-state index in [1.54, 1.807) is 18.2 Å². The SMILES string of the molecule is NNc1c2ccc(N=O)cc2nc2cc([N+](=O)[O-])ccc12. The molecule has 3 rings (SSSR count). The second kappa shape index (κ2) is 4.76. The number of nitroso groups, excluding NO2 is 1. The van der Waals surface area contributed by atoms with Crippen LogP contribution >= 0.6 is 0 Å². The Hall–Kier alpha value is -3.13. The Morgan fingerprint density at radius 2 is 1.81 bits per heavy atom. The van der Waals surface area contributed by atoms with E-state index in [4.69, 9.17) is 5.84 Å². The molecule has 3 N–H and O–H groups in total. The molecule has 0 fully saturated rings. The van der Waals surface area contributed by atoms with Gasteiger partial charge in [-0.1, -0.05) is 0 Å². The van der Waals surface area contributed by atoms with Crippen LogP contribution in [0.4, 0.5) is 17.1 Å². The molecule has 2 aromatic carbocycles. The van der Waals surface area contributed by atoms with E-state index >= 15 is 0 Å². The standard InChI is InChI=1S/C13H9N5O3/c14-16-13-9-3-1-7(17-19)5-11(9)15-12-6-8(18(20)21)2-4-10(12)13/h1-6H,14H2,(H,15,16). The third-order valence-electron chi connectivity index (χ3n) is 3.20. The van der Waals surface area contributed by atoms with E-state index in [0.717, 1.165) is 0 Å². The second-order valence-corrected chi connectivity index (χ2v) is 4.38. The highest BCUT2D eigenvalue weighted by molar-refractivity contribution is 6.08. The predicted molar refractivity (Wildman–Crippen MR) is 79.2 cm³/mol. The molecule has 0 saturated heterocycles. The lowest BCUT2D eigenvalue weighted by Crippen LogP contribution is -2.08. The van der Waals surface area contributed by atoms with Gasteiger partial charge in [0.1, 0.15) is 5.69 Å². The molecule has 0 aliphatic rings. The highest BCUT2D eigenvalue weighted by atomic mass is 16.6. The van der Waals surface area contributed by atoms with Crippen molar-refractivity contribution >= 4 is 38.9 Å². The van der Waals surface area contributed by atoms with Crippen molar-refractivity contribution in [1.82, 2.24) is 4.98 Å². The summed E-state index contributed by atoms with van der Waals surface area (Å²) in [6.07, 6.45) is 0. The first kappa shape index (κ1) is 12.9. The van der Waals surface area contributed by atoms with Crippen LogP contribution in [-0.2, 0) is 0 Å². The van der Waals surface area contributed by atoms with Crippen molar-refractivity contribution in [1.29, 1.82) is 0 Å². The van der Waals surface area contributed by atoms with Crippen LogP contribution in [0.5, 0.6) is 0 Å². The van der Waals surface area contributed by atoms with Gasteiger partial charge < -0.3 is 5.43 Å². The molecule has 0 radical (unpaired) electrons. The van der Waals surface area contributed by atoms with Crippen LogP contribution in [-0.4, -0.2) is 9.91 Å². The molecule has 0 unspecified atom stereocenters. The van der Waals surface area contributed by atoms with Crippen molar-refractivity contribution in [3.8, 4) is 0 Å². The zero-order chi connectivity index (χ0) is 15.0. The number of nitro groups is 1. The second-order valence-electron chi connectivity index (χ2n) is 4.38. The minimum atomic E-state index is -0.496. The number of nitrogens with two attached hydrogens (primary N) is 1. The number of non-ortho nitro benzene ring substituents is 1. The fraction of sp³-hybridized carbons (Fsp3) is 0. The maximum absolute atomic E-state index is 10.8. The third-order valence-corrected chi connectivity index (χ3v) is 3.20. The summed E-state index contributed by atoms with van der Waals surface area (Å²) in [7, 11) is 0. The number of nitrogens with zero attached hydrogens (tertiary/aromatic N) is 3. The van der Waals surface area contributed by atoms with Crippen LogP contribution in [0.2, 0.25) is 0 Å². The largest absolute Gasteiger partial charge is 0.323 e. The lowest BCUT2D eigenvalue weighted by molar-refractivity contribution is -0.384. The molecule has 21 heavy (non-hydrogen) atoms. The van der Waals surface area contributed by atoms with Gasteiger partial charge in [-0.25, -0.2) is 4.98 Å². The van der Waals surface area contributed by atoms with E-state index in [1.807, 2.05) is 0 Å². The Bertz CT molecular complexity index is 894. The lowest BCUT2D eigenvalue weighted by atomic mass is 10.1. The summed E-state index contributed by atoms with van der Waals surface area (Å²) in [4.78, 5) is 25.3. The molecule has 0 bridgehead atoms. The number of hydrazine groups is 1. The zero-order valence-electron chi connectivity index (χ0n) is 10.6. The minimum absolute atomic E-state index is 0.0676. The quantitative estimate of drug-likeness (QED) is 0.250. The Balaban J connectivity index is 2.42. The number of aromatic nitrogens is 1. The fourth-order valence-corrected chi connectivity index (χ4v) is 2.25. The van der Waals surface area contributed by atoms with Gasteiger partial charge in [0.25, 0.3) is 5.69 Å². The van der Waals surface area contributed by atoms with Crippen LogP contribution in [0.1, 0.15) is 0 Å².